The minimum absolute atomic E-state index is 0.0861. The molecule has 1 aromatic heterocycles. The van der Waals surface area contributed by atoms with Crippen LogP contribution in [0, 0.1) is 18.8 Å². The summed E-state index contributed by atoms with van der Waals surface area (Å²) in [6.07, 6.45) is 6.86. The third-order valence-corrected chi connectivity index (χ3v) is 8.51. The molecule has 2 saturated heterocycles. The van der Waals surface area contributed by atoms with Crippen molar-refractivity contribution in [1.82, 2.24) is 14.4 Å². The molecule has 4 rings (SSSR count). The number of carbonyl (C=O) groups excluding carboxylic acids is 1. The molecule has 3 heterocycles. The van der Waals surface area contributed by atoms with Gasteiger partial charge in [-0.25, -0.2) is 8.42 Å². The smallest absolute Gasteiger partial charge is 0.248 e. The Bertz CT molecular complexity index is 1070. The van der Waals surface area contributed by atoms with Gasteiger partial charge >= 0.3 is 0 Å². The molecule has 2 aliphatic rings. The van der Waals surface area contributed by atoms with Crippen LogP contribution in [-0.4, -0.2) is 54.9 Å². The van der Waals surface area contributed by atoms with Crippen LogP contribution in [-0.2, 0) is 14.8 Å². The number of aromatic nitrogens is 1. The van der Waals surface area contributed by atoms with Gasteiger partial charge < -0.3 is 9.42 Å². The second kappa shape index (κ2) is 9.58. The standard InChI is InChI=1S/C24H31N3O4S/c1-18-12-15-26(16-13-18)24(28)21-9-6-14-27(17-21)32(29,30)23-19(2)25-31-22(23)11-10-20-7-4-3-5-8-20/h3-5,7-8,10-11,18,21H,6,9,12-17H2,1-2H3/b11-10+. The van der Waals surface area contributed by atoms with Gasteiger partial charge in [0.1, 0.15) is 5.69 Å². The lowest BCUT2D eigenvalue weighted by Crippen LogP contribution is -2.48. The zero-order valence-corrected chi connectivity index (χ0v) is 19.6. The monoisotopic (exact) mass is 457 g/mol. The van der Waals surface area contributed by atoms with E-state index < -0.39 is 10.0 Å². The number of piperidine rings is 2. The zero-order valence-electron chi connectivity index (χ0n) is 18.7. The predicted octanol–water partition coefficient (Wildman–Crippen LogP) is 3.81. The molecule has 0 aliphatic carbocycles. The predicted molar refractivity (Wildman–Crippen MR) is 123 cm³/mol. The van der Waals surface area contributed by atoms with Gasteiger partial charge in [0.2, 0.25) is 15.9 Å². The maximum atomic E-state index is 13.6. The fourth-order valence-corrected chi connectivity index (χ4v) is 6.29. The quantitative estimate of drug-likeness (QED) is 0.682. The summed E-state index contributed by atoms with van der Waals surface area (Å²) in [5.41, 5.74) is 1.26. The molecule has 2 aromatic rings. The molecule has 0 bridgehead atoms. The van der Waals surface area contributed by atoms with Crippen molar-refractivity contribution in [2.24, 2.45) is 11.8 Å². The van der Waals surface area contributed by atoms with Crippen LogP contribution >= 0.6 is 0 Å². The number of rotatable bonds is 5. The molecule has 1 atom stereocenters. The molecule has 0 N–H and O–H groups in total. The van der Waals surface area contributed by atoms with E-state index in [1.54, 1.807) is 19.1 Å². The van der Waals surface area contributed by atoms with Crippen molar-refractivity contribution in [2.45, 2.75) is 44.4 Å². The van der Waals surface area contributed by atoms with Crippen LogP contribution < -0.4 is 0 Å². The van der Waals surface area contributed by atoms with E-state index in [0.29, 0.717) is 24.6 Å². The summed E-state index contributed by atoms with van der Waals surface area (Å²) in [5.74, 6) is 0.643. The topological polar surface area (TPSA) is 83.7 Å². The Morgan fingerprint density at radius 3 is 2.53 bits per heavy atom. The van der Waals surface area contributed by atoms with Crippen LogP contribution in [0.4, 0.5) is 0 Å². The Morgan fingerprint density at radius 2 is 1.81 bits per heavy atom. The molecule has 1 aromatic carbocycles. The molecule has 32 heavy (non-hydrogen) atoms. The van der Waals surface area contributed by atoms with Crippen molar-refractivity contribution in [3.8, 4) is 0 Å². The van der Waals surface area contributed by atoms with Gasteiger partial charge in [-0.1, -0.05) is 48.5 Å². The first kappa shape index (κ1) is 22.7. The van der Waals surface area contributed by atoms with E-state index in [2.05, 4.69) is 12.1 Å². The molecule has 2 fully saturated rings. The molecule has 0 spiro atoms. The fourth-order valence-electron chi connectivity index (χ4n) is 4.51. The first-order valence-electron chi connectivity index (χ1n) is 11.3. The summed E-state index contributed by atoms with van der Waals surface area (Å²) in [4.78, 5) is 15.1. The van der Waals surface area contributed by atoms with Crippen LogP contribution in [0.15, 0.2) is 39.8 Å². The van der Waals surface area contributed by atoms with Gasteiger partial charge in [0.05, 0.1) is 5.92 Å². The highest BCUT2D eigenvalue weighted by molar-refractivity contribution is 7.89. The van der Waals surface area contributed by atoms with Crippen molar-refractivity contribution in [1.29, 1.82) is 0 Å². The van der Waals surface area contributed by atoms with E-state index in [9.17, 15) is 13.2 Å². The van der Waals surface area contributed by atoms with Crippen LogP contribution in [0.5, 0.6) is 0 Å². The van der Waals surface area contributed by atoms with Crippen LogP contribution in [0.25, 0.3) is 12.2 Å². The van der Waals surface area contributed by atoms with Gasteiger partial charge in [-0.2, -0.15) is 4.31 Å². The van der Waals surface area contributed by atoms with E-state index in [-0.39, 0.29) is 29.0 Å². The molecule has 1 unspecified atom stereocenters. The summed E-state index contributed by atoms with van der Waals surface area (Å²) in [7, 11) is -3.84. The fraction of sp³-hybridized carbons (Fsp3) is 0.500. The van der Waals surface area contributed by atoms with E-state index in [1.807, 2.05) is 35.2 Å². The third-order valence-electron chi connectivity index (χ3n) is 6.49. The van der Waals surface area contributed by atoms with Gasteiger partial charge in [0, 0.05) is 26.2 Å². The maximum Gasteiger partial charge on any atom is 0.248 e. The van der Waals surface area contributed by atoms with E-state index in [4.69, 9.17) is 4.52 Å². The van der Waals surface area contributed by atoms with E-state index in [1.165, 1.54) is 4.31 Å². The minimum Gasteiger partial charge on any atom is -0.355 e. The number of nitrogens with zero attached hydrogens (tertiary/aromatic N) is 3. The molecule has 7 nitrogen and oxygen atoms in total. The average molecular weight is 458 g/mol. The maximum absolute atomic E-state index is 13.6. The lowest BCUT2D eigenvalue weighted by atomic mass is 9.94. The van der Waals surface area contributed by atoms with Gasteiger partial charge in [0.25, 0.3) is 0 Å². The highest BCUT2D eigenvalue weighted by Gasteiger charge is 2.38. The number of amides is 1. The van der Waals surface area contributed by atoms with E-state index >= 15 is 0 Å². The summed E-state index contributed by atoms with van der Waals surface area (Å²) in [5, 5.41) is 3.92. The summed E-state index contributed by atoms with van der Waals surface area (Å²) < 4.78 is 33.9. The molecule has 8 heteroatoms. The summed E-state index contributed by atoms with van der Waals surface area (Å²) in [6.45, 7) is 5.99. The van der Waals surface area contributed by atoms with Crippen molar-refractivity contribution in [2.75, 3.05) is 26.2 Å². The molecule has 0 radical (unpaired) electrons. The Hall–Kier alpha value is -2.45. The number of likely N-dealkylation sites (tertiary alicyclic amines) is 1. The number of sulfonamides is 1. The Morgan fingerprint density at radius 1 is 1.09 bits per heavy atom. The lowest BCUT2D eigenvalue weighted by molar-refractivity contribution is -0.138. The normalized spacial score (nSPS) is 21.3. The Kier molecular flexibility index (Phi) is 6.81. The lowest BCUT2D eigenvalue weighted by Gasteiger charge is -2.36. The number of benzene rings is 1. The van der Waals surface area contributed by atoms with Gasteiger partial charge in [-0.3, -0.25) is 4.79 Å². The summed E-state index contributed by atoms with van der Waals surface area (Å²) in [6, 6.07) is 9.60. The number of hydrogen-bond acceptors (Lipinski definition) is 5. The van der Waals surface area contributed by atoms with Gasteiger partial charge in [-0.05, 0) is 50.2 Å². The second-order valence-electron chi connectivity index (χ2n) is 8.92. The molecule has 2 aliphatic heterocycles. The van der Waals surface area contributed by atoms with Crippen LogP contribution in [0.1, 0.15) is 49.6 Å². The number of aryl methyl sites for hydroxylation is 1. The van der Waals surface area contributed by atoms with Gasteiger partial charge in [-0.15, -0.1) is 0 Å². The van der Waals surface area contributed by atoms with E-state index in [0.717, 1.165) is 37.9 Å². The van der Waals surface area contributed by atoms with Crippen molar-refractivity contribution in [3.05, 3.63) is 47.3 Å². The Labute approximate surface area is 190 Å². The zero-order chi connectivity index (χ0) is 22.7. The molecule has 0 saturated carbocycles. The van der Waals surface area contributed by atoms with Crippen LogP contribution in [0.2, 0.25) is 0 Å². The van der Waals surface area contributed by atoms with Crippen molar-refractivity contribution in [3.63, 3.8) is 0 Å². The van der Waals surface area contributed by atoms with Crippen LogP contribution in [0.3, 0.4) is 0 Å². The highest BCUT2D eigenvalue weighted by Crippen LogP contribution is 2.30. The Balaban J connectivity index is 1.53. The van der Waals surface area contributed by atoms with Crippen molar-refractivity contribution < 1.29 is 17.7 Å². The molecule has 172 valence electrons. The highest BCUT2D eigenvalue weighted by atomic mass is 32.2. The SMILES string of the molecule is Cc1noc(/C=C/c2ccccc2)c1S(=O)(=O)N1CCCC(C(=O)N2CCC(C)CC2)C1. The molecular formula is C24H31N3O4S. The minimum atomic E-state index is -3.84. The molecular weight excluding hydrogens is 426 g/mol. The third kappa shape index (κ3) is 4.81. The second-order valence-corrected chi connectivity index (χ2v) is 10.8. The number of carbonyl (C=O) groups is 1. The first-order chi connectivity index (χ1) is 15.4. The largest absolute Gasteiger partial charge is 0.355 e. The molecule has 1 amide bonds. The first-order valence-corrected chi connectivity index (χ1v) is 12.8. The van der Waals surface area contributed by atoms with Crippen molar-refractivity contribution >= 4 is 28.1 Å². The number of hydrogen-bond donors (Lipinski definition) is 0. The van der Waals surface area contributed by atoms with Gasteiger partial charge in [0.15, 0.2) is 10.7 Å². The summed E-state index contributed by atoms with van der Waals surface area (Å²) >= 11 is 0. The average Bonchev–Trinajstić information content (AvgIpc) is 3.19.